The lowest BCUT2D eigenvalue weighted by molar-refractivity contribution is 0.0970. The van der Waals surface area contributed by atoms with Gasteiger partial charge in [-0.1, -0.05) is 0 Å². The Bertz CT molecular complexity index is 253. The van der Waals surface area contributed by atoms with E-state index >= 15 is 0 Å². The molecule has 0 aliphatic carbocycles. The third-order valence-corrected chi connectivity index (χ3v) is 2.09. The molecule has 1 aliphatic heterocycles. The largest absolute Gasteiger partial charge is 0.382 e. The highest BCUT2D eigenvalue weighted by Crippen LogP contribution is 2.14. The van der Waals surface area contributed by atoms with Crippen molar-refractivity contribution in [2.75, 3.05) is 12.3 Å². The van der Waals surface area contributed by atoms with Crippen LogP contribution in [0.5, 0.6) is 0 Å². The van der Waals surface area contributed by atoms with Crippen LogP contribution < -0.4 is 5.73 Å². The van der Waals surface area contributed by atoms with Gasteiger partial charge in [0, 0.05) is 19.3 Å². The molecule has 1 aliphatic rings. The summed E-state index contributed by atoms with van der Waals surface area (Å²) in [5.41, 5.74) is 5.48. The van der Waals surface area contributed by atoms with Crippen LogP contribution in [0, 0.1) is 0 Å². The molecular weight excluding hydrogens is 154 g/mol. The monoisotopic (exact) mass is 167 g/mol. The van der Waals surface area contributed by atoms with Crippen LogP contribution in [-0.2, 0) is 11.3 Å². The number of nitrogen functional groups attached to an aromatic ring is 1. The molecule has 1 fully saturated rings. The van der Waals surface area contributed by atoms with E-state index in [1.165, 1.54) is 6.42 Å². The molecule has 12 heavy (non-hydrogen) atoms. The Hall–Kier alpha value is -1.03. The van der Waals surface area contributed by atoms with Crippen molar-refractivity contribution in [3.8, 4) is 0 Å². The van der Waals surface area contributed by atoms with Gasteiger partial charge >= 0.3 is 0 Å². The standard InChI is InChI=1S/C8H13N3O/c9-8-5-11(6-10-8)4-7-2-1-3-12-7/h5-7H,1-4,9H2. The molecule has 0 aromatic carbocycles. The number of hydrogen-bond donors (Lipinski definition) is 1. The van der Waals surface area contributed by atoms with E-state index in [1.807, 2.05) is 10.8 Å². The highest BCUT2D eigenvalue weighted by molar-refractivity contribution is 5.22. The molecule has 66 valence electrons. The molecule has 0 amide bonds. The molecule has 0 spiro atoms. The number of imidazole rings is 1. The second kappa shape index (κ2) is 3.15. The summed E-state index contributed by atoms with van der Waals surface area (Å²) in [6.07, 6.45) is 6.27. The molecule has 2 N–H and O–H groups in total. The average Bonchev–Trinajstić information content (AvgIpc) is 2.63. The van der Waals surface area contributed by atoms with E-state index in [2.05, 4.69) is 4.98 Å². The maximum Gasteiger partial charge on any atom is 0.141 e. The zero-order valence-corrected chi connectivity index (χ0v) is 6.94. The minimum atomic E-state index is 0.360. The molecule has 0 radical (unpaired) electrons. The number of anilines is 1. The number of hydrogen-bond acceptors (Lipinski definition) is 3. The Morgan fingerprint density at radius 1 is 1.75 bits per heavy atom. The van der Waals surface area contributed by atoms with Crippen molar-refractivity contribution in [2.24, 2.45) is 0 Å². The zero-order valence-electron chi connectivity index (χ0n) is 6.94. The molecule has 4 nitrogen and oxygen atoms in total. The molecule has 1 atom stereocenters. The first-order valence-electron chi connectivity index (χ1n) is 4.23. The van der Waals surface area contributed by atoms with Crippen LogP contribution in [0.1, 0.15) is 12.8 Å². The minimum Gasteiger partial charge on any atom is -0.382 e. The SMILES string of the molecule is Nc1cn(CC2CCCO2)cn1. The van der Waals surface area contributed by atoms with E-state index < -0.39 is 0 Å². The number of aromatic nitrogens is 2. The number of nitrogens with two attached hydrogens (primary N) is 1. The van der Waals surface area contributed by atoms with Crippen molar-refractivity contribution < 1.29 is 4.74 Å². The number of ether oxygens (including phenoxy) is 1. The molecule has 1 saturated heterocycles. The van der Waals surface area contributed by atoms with E-state index in [9.17, 15) is 0 Å². The third kappa shape index (κ3) is 1.58. The summed E-state index contributed by atoms with van der Waals surface area (Å²) in [5, 5.41) is 0. The predicted molar refractivity (Wildman–Crippen MR) is 45.6 cm³/mol. The zero-order chi connectivity index (χ0) is 8.39. The van der Waals surface area contributed by atoms with E-state index in [-0.39, 0.29) is 0 Å². The second-order valence-electron chi connectivity index (χ2n) is 3.13. The topological polar surface area (TPSA) is 53.1 Å². The summed E-state index contributed by atoms with van der Waals surface area (Å²) in [7, 11) is 0. The van der Waals surface area contributed by atoms with Crippen molar-refractivity contribution in [2.45, 2.75) is 25.5 Å². The van der Waals surface area contributed by atoms with E-state index in [1.54, 1.807) is 6.33 Å². The van der Waals surface area contributed by atoms with Gasteiger partial charge in [0.1, 0.15) is 5.82 Å². The van der Waals surface area contributed by atoms with E-state index in [0.717, 1.165) is 19.6 Å². The first-order valence-corrected chi connectivity index (χ1v) is 4.23. The second-order valence-corrected chi connectivity index (χ2v) is 3.13. The van der Waals surface area contributed by atoms with Crippen molar-refractivity contribution in [3.05, 3.63) is 12.5 Å². The van der Waals surface area contributed by atoms with Gasteiger partial charge in [-0.05, 0) is 12.8 Å². The highest BCUT2D eigenvalue weighted by Gasteiger charge is 2.15. The van der Waals surface area contributed by atoms with Crippen molar-refractivity contribution in [1.29, 1.82) is 0 Å². The highest BCUT2D eigenvalue weighted by atomic mass is 16.5. The summed E-state index contributed by atoms with van der Waals surface area (Å²) in [6, 6.07) is 0. The summed E-state index contributed by atoms with van der Waals surface area (Å²) < 4.78 is 7.45. The van der Waals surface area contributed by atoms with Crippen LogP contribution in [0.4, 0.5) is 5.82 Å². The fourth-order valence-electron chi connectivity index (χ4n) is 1.50. The van der Waals surface area contributed by atoms with E-state index in [0.29, 0.717) is 11.9 Å². The minimum absolute atomic E-state index is 0.360. The molecule has 1 unspecified atom stereocenters. The van der Waals surface area contributed by atoms with Gasteiger partial charge in [-0.3, -0.25) is 0 Å². The van der Waals surface area contributed by atoms with Gasteiger partial charge in [0.15, 0.2) is 0 Å². The lowest BCUT2D eigenvalue weighted by Crippen LogP contribution is -2.13. The maximum atomic E-state index is 5.48. The van der Waals surface area contributed by atoms with Crippen LogP contribution >= 0.6 is 0 Å². The van der Waals surface area contributed by atoms with Gasteiger partial charge in [0.25, 0.3) is 0 Å². The molecule has 0 saturated carbocycles. The van der Waals surface area contributed by atoms with Crippen LogP contribution in [0.3, 0.4) is 0 Å². The molecular formula is C8H13N3O. The fourth-order valence-corrected chi connectivity index (χ4v) is 1.50. The lowest BCUT2D eigenvalue weighted by Gasteiger charge is -2.08. The van der Waals surface area contributed by atoms with Gasteiger partial charge in [0.2, 0.25) is 0 Å². The number of rotatable bonds is 2. The Morgan fingerprint density at radius 2 is 2.67 bits per heavy atom. The van der Waals surface area contributed by atoms with Crippen molar-refractivity contribution in [3.63, 3.8) is 0 Å². The van der Waals surface area contributed by atoms with Crippen LogP contribution in [0.25, 0.3) is 0 Å². The Kier molecular flexibility index (Phi) is 1.99. The predicted octanol–water partition coefficient (Wildman–Crippen LogP) is 0.644. The van der Waals surface area contributed by atoms with Gasteiger partial charge in [-0.15, -0.1) is 0 Å². The maximum absolute atomic E-state index is 5.48. The normalized spacial score (nSPS) is 23.2. The van der Waals surface area contributed by atoms with Gasteiger partial charge in [-0.2, -0.15) is 0 Å². The summed E-state index contributed by atoms with van der Waals surface area (Å²) in [5.74, 6) is 0.577. The molecule has 1 aromatic heterocycles. The summed E-state index contributed by atoms with van der Waals surface area (Å²) in [6.45, 7) is 1.78. The molecule has 4 heteroatoms. The average molecular weight is 167 g/mol. The quantitative estimate of drug-likeness (QED) is 0.703. The lowest BCUT2D eigenvalue weighted by atomic mass is 10.2. The number of nitrogens with zero attached hydrogens (tertiary/aromatic N) is 2. The first-order chi connectivity index (χ1) is 5.84. The Morgan fingerprint density at radius 3 is 3.25 bits per heavy atom. The van der Waals surface area contributed by atoms with Crippen LogP contribution in [0.15, 0.2) is 12.5 Å². The molecule has 2 heterocycles. The third-order valence-electron chi connectivity index (χ3n) is 2.09. The van der Waals surface area contributed by atoms with Gasteiger partial charge in [-0.25, -0.2) is 4.98 Å². The van der Waals surface area contributed by atoms with Crippen LogP contribution in [0.2, 0.25) is 0 Å². The summed E-state index contributed by atoms with van der Waals surface area (Å²) in [4.78, 5) is 3.94. The van der Waals surface area contributed by atoms with Crippen molar-refractivity contribution >= 4 is 5.82 Å². The van der Waals surface area contributed by atoms with Crippen LogP contribution in [-0.4, -0.2) is 22.3 Å². The molecule has 1 aromatic rings. The fraction of sp³-hybridized carbons (Fsp3) is 0.625. The van der Waals surface area contributed by atoms with Gasteiger partial charge in [0.05, 0.1) is 12.4 Å². The Balaban J connectivity index is 1.94. The summed E-state index contributed by atoms with van der Waals surface area (Å²) >= 11 is 0. The first kappa shape index (κ1) is 7.61. The van der Waals surface area contributed by atoms with Gasteiger partial charge < -0.3 is 15.0 Å². The van der Waals surface area contributed by atoms with Crippen molar-refractivity contribution in [1.82, 2.24) is 9.55 Å². The molecule has 2 rings (SSSR count). The van der Waals surface area contributed by atoms with E-state index in [4.69, 9.17) is 10.5 Å². The molecule has 0 bridgehead atoms. The smallest absolute Gasteiger partial charge is 0.141 e. The Labute approximate surface area is 71.3 Å².